The third-order valence-corrected chi connectivity index (χ3v) is 5.51. The molecule has 0 spiro atoms. The number of aliphatic hydroxyl groups excluding tert-OH is 4. The second kappa shape index (κ2) is 7.80. The molecule has 2 aliphatic rings. The first-order valence-electron chi connectivity index (χ1n) is 7.90. The number of methoxy groups -OCH3 is 2. The number of aromatic nitrogens is 2. The number of ketones is 2. The summed E-state index contributed by atoms with van der Waals surface area (Å²) in [7, 11) is 2.57. The van der Waals surface area contributed by atoms with E-state index >= 15 is 0 Å². The molecular formula is C14H15Cl3N4O8. The van der Waals surface area contributed by atoms with E-state index in [0.717, 1.165) is 4.09 Å². The number of nitrogens with zero attached hydrogens (tertiary/aromatic N) is 4. The molecular weight excluding hydrogens is 459 g/mol. The van der Waals surface area contributed by atoms with Crippen LogP contribution in [0.3, 0.4) is 0 Å². The van der Waals surface area contributed by atoms with Crippen LogP contribution >= 0.6 is 35.3 Å². The van der Waals surface area contributed by atoms with E-state index in [-0.39, 0.29) is 17.6 Å². The van der Waals surface area contributed by atoms with Crippen LogP contribution in [0.15, 0.2) is 11.4 Å². The Balaban J connectivity index is 2.15. The summed E-state index contributed by atoms with van der Waals surface area (Å²) in [4.78, 5) is 29.4. The number of Topliss-reactive ketones (excluding diaryl/α,β-unsaturated/α-hetero) is 2. The first kappa shape index (κ1) is 21.9. The standard InChI is InChI=1S/C14H15Cl3N4O8/c1-28-12-14(29-2)21(17)11(18-12)13-19(15)3-4(20(13)16)6(23)8(25)10(27)9(26)7(24)5(3)22/h7-10,13,24-27H,1-2H3. The molecule has 1 aliphatic carbocycles. The molecule has 160 valence electrons. The number of carbonyl (C=O) groups excluding carboxylic acids is 2. The summed E-state index contributed by atoms with van der Waals surface area (Å²) in [6.45, 7) is 0. The Morgan fingerprint density at radius 2 is 1.31 bits per heavy atom. The van der Waals surface area contributed by atoms with Crippen molar-refractivity contribution in [3.8, 4) is 11.8 Å². The van der Waals surface area contributed by atoms with Gasteiger partial charge in [0.1, 0.15) is 35.8 Å². The smallest absolute Gasteiger partial charge is 0.279 e. The van der Waals surface area contributed by atoms with Crippen molar-refractivity contribution in [1.29, 1.82) is 0 Å². The van der Waals surface area contributed by atoms with Crippen LogP contribution in [0.2, 0.25) is 0 Å². The van der Waals surface area contributed by atoms with Crippen molar-refractivity contribution in [3.05, 3.63) is 17.2 Å². The molecule has 0 saturated heterocycles. The second-order valence-corrected chi connectivity index (χ2v) is 7.13. The van der Waals surface area contributed by atoms with E-state index in [9.17, 15) is 30.0 Å². The normalized spacial score (nSPS) is 30.4. The molecule has 1 aliphatic heterocycles. The van der Waals surface area contributed by atoms with E-state index < -0.39 is 53.5 Å². The van der Waals surface area contributed by atoms with Gasteiger partial charge in [0.25, 0.3) is 11.8 Å². The van der Waals surface area contributed by atoms with Crippen LogP contribution in [0, 0.1) is 0 Å². The SMILES string of the molecule is COc1nc(C2N(Cl)C3=C(C(=O)C(O)C(O)C(O)C(O)C3=O)N2Cl)n(Cl)c1OC. The zero-order valence-corrected chi connectivity index (χ0v) is 17.0. The van der Waals surface area contributed by atoms with Crippen LogP contribution in [0.5, 0.6) is 11.8 Å². The zero-order chi connectivity index (χ0) is 21.8. The Labute approximate surface area is 178 Å². The van der Waals surface area contributed by atoms with E-state index in [0.29, 0.717) is 8.84 Å². The van der Waals surface area contributed by atoms with Gasteiger partial charge in [-0.15, -0.1) is 0 Å². The van der Waals surface area contributed by atoms with Crippen molar-refractivity contribution in [2.75, 3.05) is 14.2 Å². The highest BCUT2D eigenvalue weighted by Gasteiger charge is 2.53. The lowest BCUT2D eigenvalue weighted by molar-refractivity contribution is -0.152. The van der Waals surface area contributed by atoms with Crippen molar-refractivity contribution < 1.29 is 39.5 Å². The van der Waals surface area contributed by atoms with Gasteiger partial charge >= 0.3 is 0 Å². The maximum Gasteiger partial charge on any atom is 0.279 e. The molecule has 29 heavy (non-hydrogen) atoms. The van der Waals surface area contributed by atoms with Crippen molar-refractivity contribution in [1.82, 2.24) is 17.9 Å². The first-order chi connectivity index (χ1) is 13.6. The molecule has 0 bridgehead atoms. The number of rotatable bonds is 3. The van der Waals surface area contributed by atoms with Gasteiger partial charge in [-0.2, -0.15) is 9.07 Å². The fourth-order valence-electron chi connectivity index (χ4n) is 2.99. The predicted molar refractivity (Wildman–Crippen MR) is 95.8 cm³/mol. The molecule has 0 fully saturated rings. The van der Waals surface area contributed by atoms with Gasteiger partial charge in [-0.25, -0.2) is 8.84 Å². The molecule has 1 aromatic heterocycles. The summed E-state index contributed by atoms with van der Waals surface area (Å²) in [5.41, 5.74) is -1.27. The van der Waals surface area contributed by atoms with E-state index in [1.165, 1.54) is 14.2 Å². The molecule has 0 saturated carbocycles. The van der Waals surface area contributed by atoms with Gasteiger partial charge in [0.05, 0.1) is 14.2 Å². The lowest BCUT2D eigenvalue weighted by Gasteiger charge is -2.28. The highest BCUT2D eigenvalue weighted by atomic mass is 35.5. The minimum absolute atomic E-state index is 0.0396. The largest absolute Gasteiger partial charge is 0.477 e. The zero-order valence-electron chi connectivity index (χ0n) is 14.7. The van der Waals surface area contributed by atoms with Gasteiger partial charge < -0.3 is 29.9 Å². The lowest BCUT2D eigenvalue weighted by atomic mass is 9.91. The molecule has 12 nitrogen and oxygen atoms in total. The van der Waals surface area contributed by atoms with E-state index in [1.54, 1.807) is 0 Å². The van der Waals surface area contributed by atoms with Crippen molar-refractivity contribution in [2.24, 2.45) is 0 Å². The number of aliphatic hydroxyl groups is 4. The third kappa shape index (κ3) is 3.11. The Morgan fingerprint density at radius 1 is 0.862 bits per heavy atom. The highest BCUT2D eigenvalue weighted by molar-refractivity contribution is 6.26. The van der Waals surface area contributed by atoms with Crippen molar-refractivity contribution in [2.45, 2.75) is 30.6 Å². The molecule has 0 amide bonds. The molecule has 0 aromatic carbocycles. The van der Waals surface area contributed by atoms with Crippen LogP contribution < -0.4 is 9.47 Å². The molecule has 15 heteroatoms. The van der Waals surface area contributed by atoms with Gasteiger partial charge in [-0.1, -0.05) is 0 Å². The predicted octanol–water partition coefficient (Wildman–Crippen LogP) is -1.37. The van der Waals surface area contributed by atoms with Crippen LogP contribution in [0.25, 0.3) is 0 Å². The van der Waals surface area contributed by atoms with E-state index in [2.05, 4.69) is 4.98 Å². The summed E-state index contributed by atoms with van der Waals surface area (Å²) in [6.07, 6.45) is -10.1. The van der Waals surface area contributed by atoms with Gasteiger partial charge in [-0.05, 0) is 0 Å². The average Bonchev–Trinajstić information content (AvgIpc) is 3.15. The van der Waals surface area contributed by atoms with Gasteiger partial charge in [0.15, 0.2) is 12.0 Å². The third-order valence-electron chi connectivity index (χ3n) is 4.48. The lowest BCUT2D eigenvalue weighted by Crippen LogP contribution is -2.53. The topological polar surface area (TPSA) is 158 Å². The maximum atomic E-state index is 12.7. The molecule has 1 aromatic rings. The molecule has 3 rings (SSSR count). The molecule has 4 N–H and O–H groups in total. The molecule has 4 unspecified atom stereocenters. The molecule has 2 heterocycles. The number of imidazole rings is 1. The van der Waals surface area contributed by atoms with Crippen LogP contribution in [0.1, 0.15) is 12.0 Å². The second-order valence-electron chi connectivity index (χ2n) is 6.06. The van der Waals surface area contributed by atoms with Gasteiger partial charge in [0, 0.05) is 35.3 Å². The summed E-state index contributed by atoms with van der Waals surface area (Å²) < 4.78 is 12.3. The molecule has 0 radical (unpaired) electrons. The molecule has 4 atom stereocenters. The number of hydrogen-bond acceptors (Lipinski definition) is 11. The van der Waals surface area contributed by atoms with Crippen LogP contribution in [0.4, 0.5) is 0 Å². The number of halogens is 3. The first-order valence-corrected chi connectivity index (χ1v) is 8.91. The average molecular weight is 474 g/mol. The monoisotopic (exact) mass is 472 g/mol. The minimum atomic E-state index is -2.21. The van der Waals surface area contributed by atoms with Crippen molar-refractivity contribution in [3.63, 3.8) is 0 Å². The fourth-order valence-corrected chi connectivity index (χ4v) is 3.98. The Morgan fingerprint density at radius 3 is 1.66 bits per heavy atom. The fraction of sp³-hybridized carbons (Fsp3) is 0.500. The Hall–Kier alpha value is -1.80. The highest BCUT2D eigenvalue weighted by Crippen LogP contribution is 2.46. The summed E-state index contributed by atoms with van der Waals surface area (Å²) in [5.74, 6) is -2.69. The Kier molecular flexibility index (Phi) is 5.89. The van der Waals surface area contributed by atoms with Crippen molar-refractivity contribution >= 4 is 46.9 Å². The summed E-state index contributed by atoms with van der Waals surface area (Å²) in [6, 6.07) is 0. The van der Waals surface area contributed by atoms with Gasteiger partial charge in [0.2, 0.25) is 11.6 Å². The number of carbonyl (C=O) groups is 2. The minimum Gasteiger partial charge on any atom is -0.477 e. The number of ether oxygens (including phenoxy) is 2. The maximum absolute atomic E-state index is 12.7. The quantitative estimate of drug-likeness (QED) is 0.384. The Bertz CT molecular complexity index is 850. The summed E-state index contributed by atoms with van der Waals surface area (Å²) in [5, 5.41) is 39.9. The van der Waals surface area contributed by atoms with Gasteiger partial charge in [-0.3, -0.25) is 9.59 Å². The van der Waals surface area contributed by atoms with Crippen LogP contribution in [-0.4, -0.2) is 88.5 Å². The van der Waals surface area contributed by atoms with Crippen LogP contribution in [-0.2, 0) is 9.59 Å². The summed E-state index contributed by atoms with van der Waals surface area (Å²) >= 11 is 18.6. The number of hydrogen-bond donors (Lipinski definition) is 4. The van der Waals surface area contributed by atoms with E-state index in [4.69, 9.17) is 44.8 Å². The van der Waals surface area contributed by atoms with E-state index in [1.807, 2.05) is 0 Å².